The molecule has 1 aliphatic heterocycles. The van der Waals surface area contributed by atoms with Gasteiger partial charge in [0.15, 0.2) is 11.5 Å². The van der Waals surface area contributed by atoms with Crippen LogP contribution in [0.5, 0.6) is 17.2 Å². The van der Waals surface area contributed by atoms with Crippen molar-refractivity contribution in [2.75, 3.05) is 26.2 Å². The van der Waals surface area contributed by atoms with Gasteiger partial charge in [0.1, 0.15) is 5.75 Å². The van der Waals surface area contributed by atoms with Crippen LogP contribution in [0.3, 0.4) is 0 Å². The smallest absolute Gasteiger partial charge is 0.227 e. The quantitative estimate of drug-likeness (QED) is 0.756. The third kappa shape index (κ3) is 3.60. The number of benzene rings is 2. The van der Waals surface area contributed by atoms with Crippen molar-refractivity contribution in [3.8, 4) is 17.2 Å². The predicted octanol–water partition coefficient (Wildman–Crippen LogP) is 1.95. The van der Waals surface area contributed by atoms with Gasteiger partial charge in [-0.25, -0.2) is 0 Å². The first-order valence-corrected chi connectivity index (χ1v) is 8.89. The molecule has 1 saturated heterocycles. The number of ether oxygens (including phenoxy) is 3. The van der Waals surface area contributed by atoms with Crippen molar-refractivity contribution in [3.05, 3.63) is 48.0 Å². The second kappa shape index (κ2) is 8.21. The zero-order valence-electron chi connectivity index (χ0n) is 16.0. The summed E-state index contributed by atoms with van der Waals surface area (Å²) in [5.41, 5.74) is 1.23. The molecule has 1 fully saturated rings. The minimum absolute atomic E-state index is 0.133. The van der Waals surface area contributed by atoms with E-state index in [9.17, 15) is 14.7 Å². The molecule has 2 aromatic rings. The summed E-state index contributed by atoms with van der Waals surface area (Å²) in [6, 6.07) is 11.4. The number of carbonyl (C=O) groups excluding carboxylic acids is 2. The second-order valence-electron chi connectivity index (χ2n) is 6.49. The van der Waals surface area contributed by atoms with E-state index in [1.54, 1.807) is 49.6 Å². The van der Waals surface area contributed by atoms with E-state index < -0.39 is 17.9 Å². The lowest BCUT2D eigenvalue weighted by Gasteiger charge is -2.42. The van der Waals surface area contributed by atoms with Crippen LogP contribution in [0.15, 0.2) is 42.5 Å². The molecule has 2 aromatic carbocycles. The molecule has 0 unspecified atom stereocenters. The van der Waals surface area contributed by atoms with Gasteiger partial charge in [0.05, 0.1) is 27.4 Å². The monoisotopic (exact) mass is 384 g/mol. The van der Waals surface area contributed by atoms with E-state index in [2.05, 4.69) is 0 Å². The Kier molecular flexibility index (Phi) is 5.73. The molecule has 1 heterocycles. The van der Waals surface area contributed by atoms with Gasteiger partial charge in [-0.1, -0.05) is 6.07 Å². The number of piperidine rings is 1. The van der Waals surface area contributed by atoms with E-state index >= 15 is 0 Å². The van der Waals surface area contributed by atoms with Crippen LogP contribution in [-0.2, 0) is 9.59 Å². The molecular formula is C21H22NO6-. The summed E-state index contributed by atoms with van der Waals surface area (Å²) in [4.78, 5) is 26.2. The molecule has 0 bridgehead atoms. The number of amides is 1. The van der Waals surface area contributed by atoms with Crippen molar-refractivity contribution in [1.29, 1.82) is 0 Å². The molecule has 7 nitrogen and oxygen atoms in total. The fraction of sp³-hybridized carbons (Fsp3) is 0.333. The Morgan fingerprint density at radius 3 is 2.25 bits per heavy atom. The molecule has 0 aliphatic carbocycles. The molecule has 0 N–H and O–H groups in total. The normalized spacial score (nSPS) is 19.2. The first kappa shape index (κ1) is 19.5. The first-order valence-electron chi connectivity index (χ1n) is 8.89. The van der Waals surface area contributed by atoms with E-state index in [1.807, 2.05) is 0 Å². The van der Waals surface area contributed by atoms with Crippen LogP contribution < -0.4 is 24.2 Å². The third-order valence-corrected chi connectivity index (χ3v) is 5.00. The Bertz CT molecular complexity index is 864. The van der Waals surface area contributed by atoms with Crippen LogP contribution >= 0.6 is 0 Å². The molecule has 0 spiro atoms. The standard InChI is InChI=1S/C21H23NO6/c1-26-15-7-5-14(6-8-15)22-19(23)11-9-16(21(24)25)20(22)13-4-10-17(27-2)18(12-13)28-3/h4-8,10,12,16,20H,9,11H2,1-3H3,(H,24,25)/p-1/t16-,20+/m1/s1. The van der Waals surface area contributed by atoms with Gasteiger partial charge in [0.2, 0.25) is 5.91 Å². The average Bonchev–Trinajstić information content (AvgIpc) is 2.72. The summed E-state index contributed by atoms with van der Waals surface area (Å²) in [7, 11) is 4.58. The van der Waals surface area contributed by atoms with Gasteiger partial charge < -0.3 is 29.0 Å². The molecule has 1 amide bonds. The number of anilines is 1. The van der Waals surface area contributed by atoms with E-state index in [4.69, 9.17) is 14.2 Å². The number of carboxylic acids is 1. The maximum Gasteiger partial charge on any atom is 0.227 e. The number of hydrogen-bond donors (Lipinski definition) is 0. The van der Waals surface area contributed by atoms with Crippen molar-refractivity contribution in [2.45, 2.75) is 18.9 Å². The van der Waals surface area contributed by atoms with Crippen molar-refractivity contribution in [3.63, 3.8) is 0 Å². The maximum atomic E-state index is 12.8. The molecule has 0 saturated carbocycles. The Hall–Kier alpha value is -3.22. The summed E-state index contributed by atoms with van der Waals surface area (Å²) in [5.74, 6) is -0.558. The number of nitrogens with zero attached hydrogens (tertiary/aromatic N) is 1. The highest BCUT2D eigenvalue weighted by molar-refractivity contribution is 5.96. The number of rotatable bonds is 6. The van der Waals surface area contributed by atoms with E-state index in [0.717, 1.165) is 0 Å². The van der Waals surface area contributed by atoms with Crippen molar-refractivity contribution < 1.29 is 28.9 Å². The van der Waals surface area contributed by atoms with Crippen molar-refractivity contribution in [2.24, 2.45) is 5.92 Å². The highest BCUT2D eigenvalue weighted by atomic mass is 16.5. The van der Waals surface area contributed by atoms with Crippen LogP contribution in [0.25, 0.3) is 0 Å². The van der Waals surface area contributed by atoms with Crippen LogP contribution in [-0.4, -0.2) is 33.2 Å². The Balaban J connectivity index is 2.11. The number of carboxylic acid groups (broad SMARTS) is 1. The minimum Gasteiger partial charge on any atom is -0.550 e. The maximum absolute atomic E-state index is 12.8. The van der Waals surface area contributed by atoms with Gasteiger partial charge in [-0.05, 0) is 48.4 Å². The molecule has 28 heavy (non-hydrogen) atoms. The van der Waals surface area contributed by atoms with Crippen molar-refractivity contribution in [1.82, 2.24) is 0 Å². The van der Waals surface area contributed by atoms with Crippen LogP contribution in [0, 0.1) is 5.92 Å². The van der Waals surface area contributed by atoms with Gasteiger partial charge in [0.25, 0.3) is 0 Å². The molecule has 3 rings (SSSR count). The molecular weight excluding hydrogens is 362 g/mol. The van der Waals surface area contributed by atoms with E-state index in [-0.39, 0.29) is 18.7 Å². The fourth-order valence-corrected chi connectivity index (χ4v) is 3.60. The zero-order valence-corrected chi connectivity index (χ0v) is 16.0. The molecule has 148 valence electrons. The zero-order chi connectivity index (χ0) is 20.3. The minimum atomic E-state index is -1.19. The lowest BCUT2D eigenvalue weighted by molar-refractivity contribution is -0.312. The van der Waals surface area contributed by atoms with Gasteiger partial charge in [-0.2, -0.15) is 0 Å². The number of aliphatic carboxylic acids is 1. The number of methoxy groups -OCH3 is 3. The van der Waals surface area contributed by atoms with Gasteiger partial charge in [-0.15, -0.1) is 0 Å². The fourth-order valence-electron chi connectivity index (χ4n) is 3.60. The highest BCUT2D eigenvalue weighted by Gasteiger charge is 2.38. The molecule has 1 aliphatic rings. The lowest BCUT2D eigenvalue weighted by Crippen LogP contribution is -2.49. The summed E-state index contributed by atoms with van der Waals surface area (Å²) in [6.45, 7) is 0. The topological polar surface area (TPSA) is 88.1 Å². The molecule has 2 atom stereocenters. The number of carbonyl (C=O) groups is 2. The third-order valence-electron chi connectivity index (χ3n) is 5.00. The van der Waals surface area contributed by atoms with Gasteiger partial charge in [-0.3, -0.25) is 4.79 Å². The second-order valence-corrected chi connectivity index (χ2v) is 6.49. The van der Waals surface area contributed by atoms with Crippen LogP contribution in [0.2, 0.25) is 0 Å². The van der Waals surface area contributed by atoms with Crippen molar-refractivity contribution >= 4 is 17.6 Å². The number of hydrogen-bond acceptors (Lipinski definition) is 6. The SMILES string of the molecule is COc1ccc(N2C(=O)CC[C@@H](C(=O)[O-])[C@@H]2c2ccc(OC)c(OC)c2)cc1. The summed E-state index contributed by atoms with van der Waals surface area (Å²) >= 11 is 0. The van der Waals surface area contributed by atoms with Gasteiger partial charge >= 0.3 is 0 Å². The van der Waals surface area contributed by atoms with Crippen LogP contribution in [0.4, 0.5) is 5.69 Å². The summed E-state index contributed by atoms with van der Waals surface area (Å²) in [5, 5.41) is 11.9. The highest BCUT2D eigenvalue weighted by Crippen LogP contribution is 2.42. The van der Waals surface area contributed by atoms with Gasteiger partial charge in [0, 0.05) is 24.0 Å². The Morgan fingerprint density at radius 2 is 1.68 bits per heavy atom. The largest absolute Gasteiger partial charge is 0.550 e. The summed E-state index contributed by atoms with van der Waals surface area (Å²) < 4.78 is 15.8. The Labute approximate surface area is 163 Å². The average molecular weight is 384 g/mol. The predicted molar refractivity (Wildman–Crippen MR) is 100 cm³/mol. The Morgan fingerprint density at radius 1 is 1.00 bits per heavy atom. The van der Waals surface area contributed by atoms with Crippen LogP contribution in [0.1, 0.15) is 24.4 Å². The molecule has 7 heteroatoms. The molecule has 0 aromatic heterocycles. The van der Waals surface area contributed by atoms with E-state index in [1.165, 1.54) is 19.1 Å². The molecule has 0 radical (unpaired) electrons. The summed E-state index contributed by atoms with van der Waals surface area (Å²) in [6.07, 6.45) is 0.349. The first-order chi connectivity index (χ1) is 13.5. The lowest BCUT2D eigenvalue weighted by atomic mass is 9.83. The van der Waals surface area contributed by atoms with E-state index in [0.29, 0.717) is 28.5 Å².